The Kier molecular flexibility index (Phi) is 1.58. The van der Waals surface area contributed by atoms with Crippen LogP contribution < -0.4 is 0 Å². The van der Waals surface area contributed by atoms with Crippen LogP contribution in [-0.4, -0.2) is 0 Å². The molecule has 1 nitrogen and oxygen atoms in total. The summed E-state index contributed by atoms with van der Waals surface area (Å²) in [5, 5.41) is -0.0185. The summed E-state index contributed by atoms with van der Waals surface area (Å²) in [4.78, 5) is 0. The van der Waals surface area contributed by atoms with E-state index in [2.05, 4.69) is 6.07 Å². The molecule has 0 amide bonds. The van der Waals surface area contributed by atoms with Crippen LogP contribution in [0.5, 0.6) is 0 Å². The van der Waals surface area contributed by atoms with Gasteiger partial charge in [0.2, 0.25) is 0 Å². The lowest BCUT2D eigenvalue weighted by atomic mass is 10.1. The van der Waals surface area contributed by atoms with Gasteiger partial charge in [0.25, 0.3) is 0 Å². The van der Waals surface area contributed by atoms with Gasteiger partial charge in [-0.2, -0.15) is 13.2 Å². The predicted molar refractivity (Wildman–Crippen MR) is 40.1 cm³/mol. The van der Waals surface area contributed by atoms with Crippen LogP contribution in [0.2, 0.25) is 0 Å². The fraction of sp³-hybridized carbons (Fsp3) is 0.111. The Balaban J connectivity index is 2.75. The molecule has 67 valence electrons. The van der Waals surface area contributed by atoms with Gasteiger partial charge in [-0.1, -0.05) is 6.07 Å². The first-order valence-corrected chi connectivity index (χ1v) is 3.54. The maximum absolute atomic E-state index is 12.3. The van der Waals surface area contributed by atoms with E-state index in [4.69, 9.17) is 4.42 Å². The van der Waals surface area contributed by atoms with Crippen molar-refractivity contribution in [3.63, 3.8) is 0 Å². The fourth-order valence-electron chi connectivity index (χ4n) is 1.17. The molecule has 4 heteroatoms. The summed E-state index contributed by atoms with van der Waals surface area (Å²) in [5.41, 5.74) is -0.506. The summed E-state index contributed by atoms with van der Waals surface area (Å²) in [6.07, 6.45) is -3.22. The summed E-state index contributed by atoms with van der Waals surface area (Å²) in [6.45, 7) is 0. The van der Waals surface area contributed by atoms with Crippen molar-refractivity contribution >= 4 is 11.0 Å². The number of rotatable bonds is 0. The summed E-state index contributed by atoms with van der Waals surface area (Å²) >= 11 is 0. The highest BCUT2D eigenvalue weighted by Crippen LogP contribution is 2.34. The molecule has 0 atom stereocenters. The van der Waals surface area contributed by atoms with Gasteiger partial charge in [-0.15, -0.1) is 0 Å². The van der Waals surface area contributed by atoms with Gasteiger partial charge >= 0.3 is 6.18 Å². The van der Waals surface area contributed by atoms with Crippen LogP contribution in [0.15, 0.2) is 28.9 Å². The lowest BCUT2D eigenvalue weighted by Crippen LogP contribution is -2.04. The van der Waals surface area contributed by atoms with Crippen molar-refractivity contribution in [3.8, 4) is 0 Å². The van der Waals surface area contributed by atoms with Crippen molar-refractivity contribution in [2.45, 2.75) is 6.18 Å². The van der Waals surface area contributed by atoms with Crippen LogP contribution in [0, 0.1) is 6.07 Å². The van der Waals surface area contributed by atoms with E-state index in [9.17, 15) is 13.2 Å². The van der Waals surface area contributed by atoms with Crippen molar-refractivity contribution in [2.24, 2.45) is 0 Å². The SMILES string of the molecule is FC(F)(F)c1cccc2oc[c]c12. The van der Waals surface area contributed by atoms with E-state index < -0.39 is 11.7 Å². The van der Waals surface area contributed by atoms with Gasteiger partial charge < -0.3 is 4.42 Å². The van der Waals surface area contributed by atoms with Gasteiger partial charge in [0, 0.05) is 11.5 Å². The molecule has 13 heavy (non-hydrogen) atoms. The number of fused-ring (bicyclic) bond motifs is 1. The largest absolute Gasteiger partial charge is 0.464 e. The van der Waals surface area contributed by atoms with Crippen LogP contribution in [0.4, 0.5) is 13.2 Å². The van der Waals surface area contributed by atoms with E-state index >= 15 is 0 Å². The van der Waals surface area contributed by atoms with Gasteiger partial charge in [-0.25, -0.2) is 0 Å². The van der Waals surface area contributed by atoms with Crippen molar-refractivity contribution in [1.82, 2.24) is 0 Å². The molecule has 0 spiro atoms. The monoisotopic (exact) mass is 185 g/mol. The third-order valence-corrected chi connectivity index (χ3v) is 1.72. The lowest BCUT2D eigenvalue weighted by molar-refractivity contribution is -0.136. The van der Waals surface area contributed by atoms with Crippen LogP contribution in [0.3, 0.4) is 0 Å². The first-order valence-electron chi connectivity index (χ1n) is 3.54. The second-order valence-electron chi connectivity index (χ2n) is 2.56. The average Bonchev–Trinajstić information content (AvgIpc) is 2.48. The quantitative estimate of drug-likeness (QED) is 0.614. The number of alkyl halides is 3. The fourth-order valence-corrected chi connectivity index (χ4v) is 1.17. The Morgan fingerprint density at radius 3 is 2.69 bits per heavy atom. The van der Waals surface area contributed by atoms with Crippen molar-refractivity contribution in [1.29, 1.82) is 0 Å². The molecule has 0 aliphatic heterocycles. The Morgan fingerprint density at radius 2 is 2.00 bits per heavy atom. The lowest BCUT2D eigenvalue weighted by Gasteiger charge is -2.06. The molecule has 0 bridgehead atoms. The van der Waals surface area contributed by atoms with Gasteiger partial charge in [0.1, 0.15) is 5.58 Å². The molecule has 2 rings (SSSR count). The predicted octanol–water partition coefficient (Wildman–Crippen LogP) is 3.25. The molecule has 2 aromatic rings. The molecule has 0 N–H and O–H groups in total. The van der Waals surface area contributed by atoms with E-state index in [0.717, 1.165) is 12.3 Å². The third kappa shape index (κ3) is 1.28. The first-order chi connectivity index (χ1) is 6.09. The molecule has 0 aliphatic rings. The van der Waals surface area contributed by atoms with E-state index in [0.29, 0.717) is 0 Å². The smallest absolute Gasteiger partial charge is 0.417 e. The van der Waals surface area contributed by atoms with Gasteiger partial charge in [0.15, 0.2) is 0 Å². The highest BCUT2D eigenvalue weighted by Gasteiger charge is 2.32. The third-order valence-electron chi connectivity index (χ3n) is 1.72. The second-order valence-corrected chi connectivity index (χ2v) is 2.56. The summed E-state index contributed by atoms with van der Waals surface area (Å²) in [7, 11) is 0. The molecular weight excluding hydrogens is 181 g/mol. The molecular formula is C9H4F3O. The van der Waals surface area contributed by atoms with Crippen LogP contribution in [0.25, 0.3) is 11.0 Å². The maximum atomic E-state index is 12.3. The van der Waals surface area contributed by atoms with E-state index in [1.165, 1.54) is 12.1 Å². The molecule has 0 saturated heterocycles. The number of furan rings is 1. The molecule has 1 radical (unpaired) electrons. The Morgan fingerprint density at radius 1 is 1.23 bits per heavy atom. The minimum Gasteiger partial charge on any atom is -0.464 e. The summed E-state index contributed by atoms with van der Waals surface area (Å²) in [6, 6.07) is 6.20. The molecule has 1 heterocycles. The summed E-state index contributed by atoms with van der Waals surface area (Å²) < 4.78 is 41.8. The first kappa shape index (κ1) is 8.16. The number of hydrogen-bond donors (Lipinski definition) is 0. The maximum Gasteiger partial charge on any atom is 0.417 e. The van der Waals surface area contributed by atoms with Crippen LogP contribution in [0.1, 0.15) is 5.56 Å². The average molecular weight is 185 g/mol. The molecule has 1 aromatic carbocycles. The molecule has 0 fully saturated rings. The normalized spacial score (nSPS) is 12.2. The minimum absolute atomic E-state index is 0.0185. The highest BCUT2D eigenvalue weighted by atomic mass is 19.4. The van der Waals surface area contributed by atoms with E-state index in [1.54, 1.807) is 0 Å². The second kappa shape index (κ2) is 2.52. The number of hydrogen-bond acceptors (Lipinski definition) is 1. The molecule has 0 saturated carbocycles. The van der Waals surface area contributed by atoms with Crippen molar-refractivity contribution < 1.29 is 17.6 Å². The van der Waals surface area contributed by atoms with E-state index in [1.807, 2.05) is 0 Å². The van der Waals surface area contributed by atoms with Crippen molar-refractivity contribution in [2.75, 3.05) is 0 Å². The number of halogens is 3. The van der Waals surface area contributed by atoms with Crippen LogP contribution >= 0.6 is 0 Å². The molecule has 1 aromatic heterocycles. The zero-order valence-electron chi connectivity index (χ0n) is 6.35. The molecule has 0 unspecified atom stereocenters. The van der Waals surface area contributed by atoms with E-state index in [-0.39, 0.29) is 11.0 Å². The zero-order chi connectivity index (χ0) is 9.47. The zero-order valence-corrected chi connectivity index (χ0v) is 6.35. The summed E-state index contributed by atoms with van der Waals surface area (Å²) in [5.74, 6) is 0. The van der Waals surface area contributed by atoms with Gasteiger partial charge in [-0.05, 0) is 12.1 Å². The highest BCUT2D eigenvalue weighted by molar-refractivity contribution is 5.80. The Hall–Kier alpha value is -1.45. The Bertz CT molecular complexity index is 428. The topological polar surface area (TPSA) is 13.1 Å². The van der Waals surface area contributed by atoms with Gasteiger partial charge in [0.05, 0.1) is 11.8 Å². The molecule has 0 aliphatic carbocycles. The standard InChI is InChI=1S/C9H4F3O/c10-9(11,12)7-2-1-3-8-6(7)4-5-13-8/h1-3,5H. The van der Waals surface area contributed by atoms with Crippen molar-refractivity contribution in [3.05, 3.63) is 36.1 Å². The Labute approximate surface area is 71.8 Å². The van der Waals surface area contributed by atoms with Gasteiger partial charge in [-0.3, -0.25) is 0 Å². The van der Waals surface area contributed by atoms with Crippen LogP contribution in [-0.2, 0) is 6.18 Å². The number of benzene rings is 1. The minimum atomic E-state index is -4.35.